The number of benzene rings is 3. The van der Waals surface area contributed by atoms with E-state index in [0.717, 1.165) is 33.3 Å². The summed E-state index contributed by atoms with van der Waals surface area (Å²) in [5, 5.41) is 1.97. The zero-order valence-electron chi connectivity index (χ0n) is 17.9. The fourth-order valence-electron chi connectivity index (χ4n) is 3.76. The van der Waals surface area contributed by atoms with Crippen molar-refractivity contribution >= 4 is 50.0 Å². The van der Waals surface area contributed by atoms with Crippen molar-refractivity contribution in [3.8, 4) is 0 Å². The van der Waals surface area contributed by atoms with Crippen LogP contribution in [-0.2, 0) is 22.9 Å². The Kier molecular flexibility index (Phi) is 6.79. The highest BCUT2D eigenvalue weighted by molar-refractivity contribution is 7.90. The van der Waals surface area contributed by atoms with Crippen molar-refractivity contribution < 1.29 is 13.2 Å². The van der Waals surface area contributed by atoms with Crippen molar-refractivity contribution in [3.05, 3.63) is 105 Å². The summed E-state index contributed by atoms with van der Waals surface area (Å²) in [5.41, 5.74) is 4.86. The molecule has 3 aromatic carbocycles. The lowest BCUT2D eigenvalue weighted by Gasteiger charge is -2.08. The summed E-state index contributed by atoms with van der Waals surface area (Å²) in [5.74, 6) is -0.825. The Bertz CT molecular complexity index is 1430. The first-order chi connectivity index (χ1) is 15.7. The zero-order valence-corrected chi connectivity index (χ0v) is 20.2. The molecule has 0 saturated carbocycles. The number of aromatic nitrogens is 1. The fraction of sp³-hybridized carbons (Fsp3) is 0.160. The van der Waals surface area contributed by atoms with Gasteiger partial charge in [-0.25, -0.2) is 13.1 Å². The number of amides is 1. The molecule has 0 aliphatic carbocycles. The van der Waals surface area contributed by atoms with E-state index in [9.17, 15) is 13.2 Å². The molecule has 0 bridgehead atoms. The van der Waals surface area contributed by atoms with Gasteiger partial charge in [-0.2, -0.15) is 0 Å². The van der Waals surface area contributed by atoms with Gasteiger partial charge in [-0.1, -0.05) is 59.6 Å². The van der Waals surface area contributed by atoms with Crippen LogP contribution in [0.1, 0.15) is 32.7 Å². The van der Waals surface area contributed by atoms with Crippen LogP contribution in [0.3, 0.4) is 0 Å². The SMILES string of the molecule is Cc1[nH]c2ccc(C(=O)NS(=O)(=O)CCc3ccccc3)cc2c1Cc1ccc(Cl)cc1Cl. The number of sulfonamides is 1. The van der Waals surface area contributed by atoms with E-state index < -0.39 is 15.9 Å². The highest BCUT2D eigenvalue weighted by Gasteiger charge is 2.18. The molecule has 1 amide bonds. The van der Waals surface area contributed by atoms with Gasteiger partial charge in [0.2, 0.25) is 10.0 Å². The number of H-pyrrole nitrogens is 1. The molecule has 0 radical (unpaired) electrons. The molecule has 0 aliphatic heterocycles. The molecular weight excluding hydrogens is 479 g/mol. The minimum atomic E-state index is -3.78. The maximum absolute atomic E-state index is 12.7. The molecule has 1 heterocycles. The largest absolute Gasteiger partial charge is 0.358 e. The highest BCUT2D eigenvalue weighted by Crippen LogP contribution is 2.29. The van der Waals surface area contributed by atoms with Gasteiger partial charge in [0.25, 0.3) is 5.91 Å². The fourth-order valence-corrected chi connectivity index (χ4v) is 5.24. The summed E-state index contributed by atoms with van der Waals surface area (Å²) in [4.78, 5) is 16.1. The number of hydrogen-bond acceptors (Lipinski definition) is 3. The van der Waals surface area contributed by atoms with Crippen LogP contribution in [0.5, 0.6) is 0 Å². The van der Waals surface area contributed by atoms with E-state index in [-0.39, 0.29) is 11.3 Å². The Morgan fingerprint density at radius 2 is 1.76 bits per heavy atom. The monoisotopic (exact) mass is 500 g/mol. The third kappa shape index (κ3) is 5.58. The zero-order chi connectivity index (χ0) is 23.6. The Hall–Kier alpha value is -2.80. The summed E-state index contributed by atoms with van der Waals surface area (Å²) in [6.07, 6.45) is 0.869. The lowest BCUT2D eigenvalue weighted by Crippen LogP contribution is -2.33. The Balaban J connectivity index is 1.55. The van der Waals surface area contributed by atoms with Gasteiger partial charge in [-0.05, 0) is 60.4 Å². The van der Waals surface area contributed by atoms with Gasteiger partial charge in [0.05, 0.1) is 5.75 Å². The van der Waals surface area contributed by atoms with E-state index in [1.165, 1.54) is 0 Å². The first-order valence-corrected chi connectivity index (χ1v) is 12.8. The number of aryl methyl sites for hydroxylation is 2. The van der Waals surface area contributed by atoms with Crippen molar-refractivity contribution in [2.75, 3.05) is 5.75 Å². The molecule has 0 spiro atoms. The maximum Gasteiger partial charge on any atom is 0.264 e. The molecule has 8 heteroatoms. The lowest BCUT2D eigenvalue weighted by molar-refractivity contribution is 0.0981. The van der Waals surface area contributed by atoms with Crippen molar-refractivity contribution in [2.24, 2.45) is 0 Å². The molecular formula is C25H22Cl2N2O3S. The Morgan fingerprint density at radius 1 is 1.00 bits per heavy atom. The number of carbonyl (C=O) groups excluding carboxylic acids is 1. The highest BCUT2D eigenvalue weighted by atomic mass is 35.5. The van der Waals surface area contributed by atoms with E-state index in [1.54, 1.807) is 30.3 Å². The minimum absolute atomic E-state index is 0.172. The number of aromatic amines is 1. The summed E-state index contributed by atoms with van der Waals surface area (Å²) >= 11 is 12.4. The Labute approximate surface area is 202 Å². The van der Waals surface area contributed by atoms with Crippen LogP contribution in [0.25, 0.3) is 10.9 Å². The minimum Gasteiger partial charge on any atom is -0.358 e. The predicted octanol–water partition coefficient (Wildman–Crippen LogP) is 5.68. The van der Waals surface area contributed by atoms with Crippen LogP contribution < -0.4 is 4.72 Å². The van der Waals surface area contributed by atoms with Crippen LogP contribution >= 0.6 is 23.2 Å². The molecule has 1 aromatic heterocycles. The smallest absolute Gasteiger partial charge is 0.264 e. The number of halogens is 2. The van der Waals surface area contributed by atoms with Gasteiger partial charge >= 0.3 is 0 Å². The molecule has 5 nitrogen and oxygen atoms in total. The normalized spacial score (nSPS) is 11.6. The quantitative estimate of drug-likeness (QED) is 0.342. The van der Waals surface area contributed by atoms with Crippen LogP contribution in [-0.4, -0.2) is 25.1 Å². The van der Waals surface area contributed by atoms with E-state index in [4.69, 9.17) is 23.2 Å². The average molecular weight is 501 g/mol. The maximum atomic E-state index is 12.7. The van der Waals surface area contributed by atoms with Gasteiger partial charge in [-0.3, -0.25) is 4.79 Å². The van der Waals surface area contributed by atoms with Crippen molar-refractivity contribution in [1.29, 1.82) is 0 Å². The van der Waals surface area contributed by atoms with Crippen molar-refractivity contribution in [2.45, 2.75) is 19.8 Å². The van der Waals surface area contributed by atoms with Gasteiger partial charge in [-0.15, -0.1) is 0 Å². The molecule has 4 aromatic rings. The molecule has 0 unspecified atom stereocenters. The molecule has 2 N–H and O–H groups in total. The third-order valence-corrected chi connectivity index (χ3v) is 7.34. The number of rotatable bonds is 7. The predicted molar refractivity (Wildman–Crippen MR) is 134 cm³/mol. The van der Waals surface area contributed by atoms with Gasteiger partial charge in [0.1, 0.15) is 0 Å². The Morgan fingerprint density at radius 3 is 2.48 bits per heavy atom. The van der Waals surface area contributed by atoms with E-state index in [2.05, 4.69) is 9.71 Å². The summed E-state index contributed by atoms with van der Waals surface area (Å²) in [6.45, 7) is 1.95. The second-order valence-corrected chi connectivity index (χ2v) is 10.6. The van der Waals surface area contributed by atoms with Crippen molar-refractivity contribution in [3.63, 3.8) is 0 Å². The summed E-state index contributed by atoms with van der Waals surface area (Å²) in [7, 11) is -3.78. The van der Waals surface area contributed by atoms with Gasteiger partial charge < -0.3 is 4.98 Å². The van der Waals surface area contributed by atoms with Crippen LogP contribution in [0.2, 0.25) is 10.0 Å². The second kappa shape index (κ2) is 9.59. The van der Waals surface area contributed by atoms with E-state index >= 15 is 0 Å². The molecule has 0 atom stereocenters. The third-order valence-electron chi connectivity index (χ3n) is 5.51. The first-order valence-electron chi connectivity index (χ1n) is 10.4. The van der Waals surface area contributed by atoms with Crippen LogP contribution in [0.4, 0.5) is 0 Å². The second-order valence-electron chi connectivity index (χ2n) is 7.89. The number of nitrogens with one attached hydrogen (secondary N) is 2. The van der Waals surface area contributed by atoms with E-state index in [1.807, 2.05) is 43.3 Å². The molecule has 0 fully saturated rings. The van der Waals surface area contributed by atoms with Crippen LogP contribution in [0, 0.1) is 6.92 Å². The lowest BCUT2D eigenvalue weighted by atomic mass is 10.0. The molecule has 0 saturated heterocycles. The average Bonchev–Trinajstić information content (AvgIpc) is 3.09. The summed E-state index contributed by atoms with van der Waals surface area (Å²) in [6, 6.07) is 19.7. The van der Waals surface area contributed by atoms with Gasteiger partial charge in [0, 0.05) is 38.6 Å². The van der Waals surface area contributed by atoms with Gasteiger partial charge in [0.15, 0.2) is 0 Å². The van der Waals surface area contributed by atoms with E-state index in [0.29, 0.717) is 22.9 Å². The van der Waals surface area contributed by atoms with Crippen LogP contribution in [0.15, 0.2) is 66.7 Å². The van der Waals surface area contributed by atoms with Crippen molar-refractivity contribution in [1.82, 2.24) is 9.71 Å². The topological polar surface area (TPSA) is 79.0 Å². The first kappa shape index (κ1) is 23.4. The number of hydrogen-bond donors (Lipinski definition) is 2. The number of carbonyl (C=O) groups is 1. The summed E-state index contributed by atoms with van der Waals surface area (Å²) < 4.78 is 27.1. The molecule has 170 valence electrons. The molecule has 33 heavy (non-hydrogen) atoms. The molecule has 4 rings (SSSR count). The number of fused-ring (bicyclic) bond motifs is 1. The molecule has 0 aliphatic rings. The standard InChI is InChI=1S/C25H22Cl2N2O3S/c1-16-21(13-18-7-9-20(26)15-23(18)27)22-14-19(8-10-24(22)28-16)25(30)29-33(31,32)12-11-17-5-3-2-4-6-17/h2-10,14-15,28H,11-13H2,1H3,(H,29,30).